The van der Waals surface area contributed by atoms with Crippen molar-refractivity contribution in [1.29, 1.82) is 0 Å². The highest BCUT2D eigenvalue weighted by molar-refractivity contribution is 6.31. The van der Waals surface area contributed by atoms with Gasteiger partial charge in [0.2, 0.25) is 0 Å². The molecule has 0 aliphatic heterocycles. The number of nitrogens with one attached hydrogen (secondary N) is 1. The lowest BCUT2D eigenvalue weighted by molar-refractivity contribution is 0.496. The monoisotopic (exact) mass is 237 g/mol. The van der Waals surface area contributed by atoms with Crippen LogP contribution in [0.15, 0.2) is 18.2 Å². The van der Waals surface area contributed by atoms with Gasteiger partial charge in [0, 0.05) is 5.02 Å². The molecule has 0 bridgehead atoms. The Bertz CT molecular complexity index is 490. The summed E-state index contributed by atoms with van der Waals surface area (Å²) in [5.74, 6) is 1.40. The van der Waals surface area contributed by atoms with E-state index in [1.54, 1.807) is 0 Å². The van der Waals surface area contributed by atoms with Crippen LogP contribution in [0.2, 0.25) is 5.02 Å². The molecule has 1 aromatic heterocycles. The summed E-state index contributed by atoms with van der Waals surface area (Å²) in [4.78, 5) is 7.69. The van der Waals surface area contributed by atoms with Gasteiger partial charge >= 0.3 is 0 Å². The third kappa shape index (κ3) is 2.36. The van der Waals surface area contributed by atoms with E-state index in [-0.39, 0.29) is 6.04 Å². The Kier molecular flexibility index (Phi) is 3.17. The van der Waals surface area contributed by atoms with E-state index < -0.39 is 0 Å². The molecule has 1 aromatic carbocycles. The molecule has 0 spiro atoms. The molecule has 1 unspecified atom stereocenters. The lowest BCUT2D eigenvalue weighted by Crippen LogP contribution is -2.14. The number of rotatable bonds is 3. The summed E-state index contributed by atoms with van der Waals surface area (Å²) < 4.78 is 0. The number of fused-ring (bicyclic) bond motifs is 1. The van der Waals surface area contributed by atoms with Crippen LogP contribution in [0, 0.1) is 5.92 Å². The molecule has 1 atom stereocenters. The fraction of sp³-hybridized carbons (Fsp3) is 0.417. The Labute approximate surface area is 100 Å². The topological polar surface area (TPSA) is 54.7 Å². The Morgan fingerprint density at radius 2 is 2.19 bits per heavy atom. The number of nitrogens with zero attached hydrogens (tertiary/aromatic N) is 1. The summed E-state index contributed by atoms with van der Waals surface area (Å²) in [7, 11) is 0. The fourth-order valence-corrected chi connectivity index (χ4v) is 1.97. The molecular weight excluding hydrogens is 222 g/mol. The number of aromatic amines is 1. The highest BCUT2D eigenvalue weighted by atomic mass is 35.5. The van der Waals surface area contributed by atoms with Crippen molar-refractivity contribution in [2.75, 3.05) is 0 Å². The van der Waals surface area contributed by atoms with Gasteiger partial charge in [-0.15, -0.1) is 0 Å². The maximum atomic E-state index is 6.07. The van der Waals surface area contributed by atoms with Crippen molar-refractivity contribution in [3.8, 4) is 0 Å². The minimum Gasteiger partial charge on any atom is -0.341 e. The summed E-state index contributed by atoms with van der Waals surface area (Å²) in [5, 5.41) is 0.708. The van der Waals surface area contributed by atoms with Gasteiger partial charge in [0.05, 0.1) is 17.1 Å². The zero-order valence-corrected chi connectivity index (χ0v) is 10.3. The molecule has 0 amide bonds. The van der Waals surface area contributed by atoms with E-state index in [1.807, 2.05) is 18.2 Å². The van der Waals surface area contributed by atoms with Crippen LogP contribution in [-0.4, -0.2) is 9.97 Å². The SMILES string of the molecule is CC(C)CC(N)c1nc2ccc(Cl)cc2[nH]1. The first-order valence-electron chi connectivity index (χ1n) is 5.47. The number of nitrogens with two attached hydrogens (primary N) is 1. The van der Waals surface area contributed by atoms with Crippen molar-refractivity contribution < 1.29 is 0 Å². The molecule has 0 aliphatic carbocycles. The molecule has 0 radical (unpaired) electrons. The van der Waals surface area contributed by atoms with Crippen molar-refractivity contribution in [3.63, 3.8) is 0 Å². The van der Waals surface area contributed by atoms with E-state index in [0.29, 0.717) is 10.9 Å². The number of benzene rings is 1. The molecule has 86 valence electrons. The lowest BCUT2D eigenvalue weighted by atomic mass is 10.0. The Balaban J connectivity index is 2.32. The van der Waals surface area contributed by atoms with Gasteiger partial charge in [0.25, 0.3) is 0 Å². The van der Waals surface area contributed by atoms with Crippen molar-refractivity contribution in [1.82, 2.24) is 9.97 Å². The van der Waals surface area contributed by atoms with Gasteiger partial charge in [-0.1, -0.05) is 25.4 Å². The lowest BCUT2D eigenvalue weighted by Gasteiger charge is -2.10. The third-order valence-electron chi connectivity index (χ3n) is 2.54. The molecular formula is C12H16ClN3. The van der Waals surface area contributed by atoms with Crippen LogP contribution in [0.3, 0.4) is 0 Å². The summed E-state index contributed by atoms with van der Waals surface area (Å²) in [6.07, 6.45) is 0.924. The summed E-state index contributed by atoms with van der Waals surface area (Å²) in [6.45, 7) is 4.30. The predicted octanol–water partition coefficient (Wildman–Crippen LogP) is 3.26. The molecule has 3 nitrogen and oxygen atoms in total. The number of imidazole rings is 1. The Morgan fingerprint density at radius 1 is 1.44 bits per heavy atom. The van der Waals surface area contributed by atoms with Crippen LogP contribution < -0.4 is 5.73 Å². The molecule has 0 fully saturated rings. The minimum atomic E-state index is -0.0359. The Hall–Kier alpha value is -1.06. The smallest absolute Gasteiger partial charge is 0.124 e. The molecule has 4 heteroatoms. The molecule has 2 aromatic rings. The van der Waals surface area contributed by atoms with Gasteiger partial charge in [0.1, 0.15) is 5.82 Å². The quantitative estimate of drug-likeness (QED) is 0.861. The third-order valence-corrected chi connectivity index (χ3v) is 2.77. The maximum Gasteiger partial charge on any atom is 0.124 e. The first-order valence-corrected chi connectivity index (χ1v) is 5.85. The Morgan fingerprint density at radius 3 is 2.88 bits per heavy atom. The van der Waals surface area contributed by atoms with E-state index in [1.165, 1.54) is 0 Å². The molecule has 1 heterocycles. The van der Waals surface area contributed by atoms with E-state index in [4.69, 9.17) is 17.3 Å². The second-order valence-corrected chi connectivity index (χ2v) is 4.96. The van der Waals surface area contributed by atoms with Crippen LogP contribution in [0.5, 0.6) is 0 Å². The molecule has 0 aliphatic rings. The number of H-pyrrole nitrogens is 1. The maximum absolute atomic E-state index is 6.07. The molecule has 16 heavy (non-hydrogen) atoms. The zero-order valence-electron chi connectivity index (χ0n) is 9.50. The van der Waals surface area contributed by atoms with Crippen LogP contribution in [0.25, 0.3) is 11.0 Å². The summed E-state index contributed by atoms with van der Waals surface area (Å²) >= 11 is 5.91. The summed E-state index contributed by atoms with van der Waals surface area (Å²) in [5.41, 5.74) is 7.93. The van der Waals surface area contributed by atoms with Gasteiger partial charge < -0.3 is 10.7 Å². The fourth-order valence-electron chi connectivity index (χ4n) is 1.80. The van der Waals surface area contributed by atoms with Crippen LogP contribution in [-0.2, 0) is 0 Å². The molecule has 0 saturated carbocycles. The van der Waals surface area contributed by atoms with E-state index in [2.05, 4.69) is 23.8 Å². The van der Waals surface area contributed by atoms with E-state index >= 15 is 0 Å². The van der Waals surface area contributed by atoms with Gasteiger partial charge in [-0.05, 0) is 30.5 Å². The average Bonchev–Trinajstić information content (AvgIpc) is 2.59. The van der Waals surface area contributed by atoms with Crippen molar-refractivity contribution >= 4 is 22.6 Å². The molecule has 0 saturated heterocycles. The normalized spacial score (nSPS) is 13.6. The first-order chi connectivity index (χ1) is 7.56. The second-order valence-electron chi connectivity index (χ2n) is 4.52. The molecule has 3 N–H and O–H groups in total. The van der Waals surface area contributed by atoms with Gasteiger partial charge in [-0.3, -0.25) is 0 Å². The van der Waals surface area contributed by atoms with Crippen molar-refractivity contribution in [2.45, 2.75) is 26.3 Å². The standard InChI is InChI=1S/C12H16ClN3/c1-7(2)5-9(14)12-15-10-4-3-8(13)6-11(10)16-12/h3-4,6-7,9H,5,14H2,1-2H3,(H,15,16). The van der Waals surface area contributed by atoms with E-state index in [0.717, 1.165) is 23.3 Å². The van der Waals surface area contributed by atoms with Gasteiger partial charge in [-0.2, -0.15) is 0 Å². The van der Waals surface area contributed by atoms with Crippen LogP contribution in [0.4, 0.5) is 0 Å². The van der Waals surface area contributed by atoms with Crippen LogP contribution >= 0.6 is 11.6 Å². The molecule has 2 rings (SSSR count). The predicted molar refractivity (Wildman–Crippen MR) is 67.5 cm³/mol. The number of hydrogen-bond acceptors (Lipinski definition) is 2. The number of halogens is 1. The van der Waals surface area contributed by atoms with Crippen molar-refractivity contribution in [2.24, 2.45) is 11.7 Å². The average molecular weight is 238 g/mol. The van der Waals surface area contributed by atoms with E-state index in [9.17, 15) is 0 Å². The summed E-state index contributed by atoms with van der Waals surface area (Å²) in [6, 6.07) is 5.57. The van der Waals surface area contributed by atoms with Crippen LogP contribution in [0.1, 0.15) is 32.1 Å². The first kappa shape index (κ1) is 11.4. The van der Waals surface area contributed by atoms with Crippen molar-refractivity contribution in [3.05, 3.63) is 29.0 Å². The number of hydrogen-bond donors (Lipinski definition) is 2. The van der Waals surface area contributed by atoms with Gasteiger partial charge in [-0.25, -0.2) is 4.98 Å². The number of aromatic nitrogens is 2. The minimum absolute atomic E-state index is 0.0359. The largest absolute Gasteiger partial charge is 0.341 e. The zero-order chi connectivity index (χ0) is 11.7. The van der Waals surface area contributed by atoms with Gasteiger partial charge in [0.15, 0.2) is 0 Å². The highest BCUT2D eigenvalue weighted by Crippen LogP contribution is 2.21. The highest BCUT2D eigenvalue weighted by Gasteiger charge is 2.12. The second kappa shape index (κ2) is 4.44.